The molecule has 31 heavy (non-hydrogen) atoms. The normalized spacial score (nSPS) is 11.0. The second kappa shape index (κ2) is 8.86. The molecule has 0 bridgehead atoms. The Hall–Kier alpha value is -3.88. The SMILES string of the molecule is Cc1ccc(C(=O)Nc2cccc(OC(F)(F)F)c2)cc1NC(=O)c1ccccc1F. The number of amides is 2. The van der Waals surface area contributed by atoms with Crippen LogP contribution < -0.4 is 15.4 Å². The summed E-state index contributed by atoms with van der Waals surface area (Å²) < 4.78 is 54.8. The molecule has 2 amide bonds. The van der Waals surface area contributed by atoms with Gasteiger partial charge in [-0.15, -0.1) is 13.2 Å². The molecule has 0 spiro atoms. The number of carbonyl (C=O) groups is 2. The van der Waals surface area contributed by atoms with Gasteiger partial charge in [0.05, 0.1) is 5.56 Å². The monoisotopic (exact) mass is 432 g/mol. The van der Waals surface area contributed by atoms with E-state index in [1.165, 1.54) is 42.5 Å². The molecule has 0 aliphatic heterocycles. The predicted molar refractivity (Wildman–Crippen MR) is 107 cm³/mol. The minimum Gasteiger partial charge on any atom is -0.406 e. The summed E-state index contributed by atoms with van der Waals surface area (Å²) in [5, 5.41) is 5.02. The van der Waals surface area contributed by atoms with Crippen LogP contribution in [0.25, 0.3) is 0 Å². The molecule has 0 radical (unpaired) electrons. The number of anilines is 2. The first-order chi connectivity index (χ1) is 14.6. The van der Waals surface area contributed by atoms with Crippen molar-refractivity contribution in [1.82, 2.24) is 0 Å². The fraction of sp³-hybridized carbons (Fsp3) is 0.0909. The molecule has 3 aromatic carbocycles. The van der Waals surface area contributed by atoms with E-state index >= 15 is 0 Å². The van der Waals surface area contributed by atoms with E-state index in [9.17, 15) is 27.2 Å². The summed E-state index contributed by atoms with van der Waals surface area (Å²) in [6, 6.07) is 14.7. The lowest BCUT2D eigenvalue weighted by atomic mass is 10.1. The molecule has 2 N–H and O–H groups in total. The number of nitrogens with one attached hydrogen (secondary N) is 2. The van der Waals surface area contributed by atoms with Gasteiger partial charge in [0, 0.05) is 23.0 Å². The molecule has 0 aromatic heterocycles. The molecule has 0 atom stereocenters. The number of alkyl halides is 3. The van der Waals surface area contributed by atoms with Crippen molar-refractivity contribution in [1.29, 1.82) is 0 Å². The highest BCUT2D eigenvalue weighted by atomic mass is 19.4. The van der Waals surface area contributed by atoms with E-state index in [0.29, 0.717) is 5.56 Å². The molecule has 160 valence electrons. The van der Waals surface area contributed by atoms with Crippen molar-refractivity contribution in [3.05, 3.63) is 89.2 Å². The highest BCUT2D eigenvalue weighted by molar-refractivity contribution is 6.07. The zero-order chi connectivity index (χ0) is 22.6. The Morgan fingerprint density at radius 2 is 1.61 bits per heavy atom. The van der Waals surface area contributed by atoms with Crippen LogP contribution in [0.2, 0.25) is 0 Å². The molecule has 5 nitrogen and oxygen atoms in total. The number of hydrogen-bond donors (Lipinski definition) is 2. The van der Waals surface area contributed by atoms with Crippen molar-refractivity contribution in [2.24, 2.45) is 0 Å². The number of benzene rings is 3. The maximum Gasteiger partial charge on any atom is 0.573 e. The first-order valence-corrected chi connectivity index (χ1v) is 8.96. The van der Waals surface area contributed by atoms with E-state index in [2.05, 4.69) is 15.4 Å². The van der Waals surface area contributed by atoms with Gasteiger partial charge in [0.1, 0.15) is 11.6 Å². The minimum atomic E-state index is -4.86. The quantitative estimate of drug-likeness (QED) is 0.521. The van der Waals surface area contributed by atoms with Crippen LogP contribution in [0.4, 0.5) is 28.9 Å². The van der Waals surface area contributed by atoms with Crippen LogP contribution in [-0.4, -0.2) is 18.2 Å². The Balaban J connectivity index is 1.77. The van der Waals surface area contributed by atoms with Gasteiger partial charge in [-0.05, 0) is 48.9 Å². The van der Waals surface area contributed by atoms with Crippen LogP contribution in [-0.2, 0) is 0 Å². The third kappa shape index (κ3) is 5.81. The standard InChI is InChI=1S/C22H16F4N2O3/c1-13-9-10-14(11-19(13)28-21(30)17-7-2-3-8-18(17)23)20(29)27-15-5-4-6-16(12-15)31-22(24,25)26/h2-12H,1H3,(H,27,29)(H,28,30). The molecule has 0 saturated carbocycles. The maximum atomic E-state index is 13.8. The minimum absolute atomic E-state index is 0.0873. The fourth-order valence-electron chi connectivity index (χ4n) is 2.71. The predicted octanol–water partition coefficient (Wildman–Crippen LogP) is 5.54. The van der Waals surface area contributed by atoms with Crippen molar-refractivity contribution in [2.75, 3.05) is 10.6 Å². The van der Waals surface area contributed by atoms with Crippen molar-refractivity contribution >= 4 is 23.2 Å². The second-order valence-electron chi connectivity index (χ2n) is 6.49. The van der Waals surface area contributed by atoms with Gasteiger partial charge >= 0.3 is 6.36 Å². The van der Waals surface area contributed by atoms with Crippen LogP contribution >= 0.6 is 0 Å². The van der Waals surface area contributed by atoms with E-state index in [-0.39, 0.29) is 22.5 Å². The van der Waals surface area contributed by atoms with Crippen LogP contribution in [0.5, 0.6) is 5.75 Å². The molecule has 0 fully saturated rings. The zero-order valence-electron chi connectivity index (χ0n) is 16.1. The third-order valence-corrected chi connectivity index (χ3v) is 4.19. The molecule has 3 rings (SSSR count). The van der Waals surface area contributed by atoms with Crippen LogP contribution in [0.3, 0.4) is 0 Å². The van der Waals surface area contributed by atoms with Gasteiger partial charge in [0.25, 0.3) is 11.8 Å². The van der Waals surface area contributed by atoms with Crippen molar-refractivity contribution in [3.8, 4) is 5.75 Å². The Morgan fingerprint density at radius 1 is 0.871 bits per heavy atom. The smallest absolute Gasteiger partial charge is 0.406 e. The Morgan fingerprint density at radius 3 is 2.32 bits per heavy atom. The number of carbonyl (C=O) groups excluding carboxylic acids is 2. The molecule has 0 unspecified atom stereocenters. The summed E-state index contributed by atoms with van der Waals surface area (Å²) in [5.74, 6) is -2.47. The van der Waals surface area contributed by atoms with E-state index in [1.807, 2.05) is 0 Å². The fourth-order valence-corrected chi connectivity index (χ4v) is 2.71. The molecular formula is C22H16F4N2O3. The molecule has 0 aliphatic carbocycles. The van der Waals surface area contributed by atoms with Gasteiger partial charge in [-0.2, -0.15) is 0 Å². The van der Waals surface area contributed by atoms with Gasteiger partial charge in [-0.25, -0.2) is 4.39 Å². The number of aryl methyl sites for hydroxylation is 1. The summed E-state index contributed by atoms with van der Waals surface area (Å²) in [4.78, 5) is 24.9. The average Bonchev–Trinajstić information content (AvgIpc) is 2.68. The van der Waals surface area contributed by atoms with Gasteiger partial charge in [0.2, 0.25) is 0 Å². The first kappa shape index (κ1) is 21.8. The molecule has 9 heteroatoms. The highest BCUT2D eigenvalue weighted by Crippen LogP contribution is 2.26. The van der Waals surface area contributed by atoms with Crippen LogP contribution in [0.15, 0.2) is 66.7 Å². The first-order valence-electron chi connectivity index (χ1n) is 8.96. The lowest BCUT2D eigenvalue weighted by Crippen LogP contribution is -2.18. The highest BCUT2D eigenvalue weighted by Gasteiger charge is 2.31. The summed E-state index contributed by atoms with van der Waals surface area (Å²) in [6.45, 7) is 1.69. The number of hydrogen-bond acceptors (Lipinski definition) is 3. The summed E-state index contributed by atoms with van der Waals surface area (Å²) in [7, 11) is 0. The molecule has 0 saturated heterocycles. The van der Waals surface area contributed by atoms with Crippen LogP contribution in [0.1, 0.15) is 26.3 Å². The molecule has 0 aliphatic rings. The summed E-state index contributed by atoms with van der Waals surface area (Å²) >= 11 is 0. The molecule has 3 aromatic rings. The van der Waals surface area contributed by atoms with E-state index in [0.717, 1.165) is 18.2 Å². The van der Waals surface area contributed by atoms with Gasteiger partial charge in [-0.1, -0.05) is 24.3 Å². The maximum absolute atomic E-state index is 13.8. The molecule has 0 heterocycles. The van der Waals surface area contributed by atoms with Crippen molar-refractivity contribution in [3.63, 3.8) is 0 Å². The third-order valence-electron chi connectivity index (χ3n) is 4.19. The Kier molecular flexibility index (Phi) is 6.24. The Labute approximate surface area is 174 Å². The molecular weight excluding hydrogens is 416 g/mol. The van der Waals surface area contributed by atoms with Gasteiger partial charge < -0.3 is 15.4 Å². The number of ether oxygens (including phenoxy) is 1. The van der Waals surface area contributed by atoms with Crippen molar-refractivity contribution < 1.29 is 31.9 Å². The number of rotatable bonds is 5. The van der Waals surface area contributed by atoms with Crippen molar-refractivity contribution in [2.45, 2.75) is 13.3 Å². The van der Waals surface area contributed by atoms with E-state index in [1.54, 1.807) is 13.0 Å². The topological polar surface area (TPSA) is 67.4 Å². The lowest BCUT2D eigenvalue weighted by molar-refractivity contribution is -0.274. The lowest BCUT2D eigenvalue weighted by Gasteiger charge is -2.13. The van der Waals surface area contributed by atoms with Gasteiger partial charge in [0.15, 0.2) is 0 Å². The number of halogens is 4. The van der Waals surface area contributed by atoms with Gasteiger partial charge in [-0.3, -0.25) is 9.59 Å². The average molecular weight is 432 g/mol. The second-order valence-corrected chi connectivity index (χ2v) is 6.49. The van der Waals surface area contributed by atoms with E-state index < -0.39 is 29.7 Å². The van der Waals surface area contributed by atoms with E-state index in [4.69, 9.17) is 0 Å². The Bertz CT molecular complexity index is 1130. The zero-order valence-corrected chi connectivity index (χ0v) is 16.1. The summed E-state index contributed by atoms with van der Waals surface area (Å²) in [5.41, 5.74) is 0.982. The summed E-state index contributed by atoms with van der Waals surface area (Å²) in [6.07, 6.45) is -4.86. The van der Waals surface area contributed by atoms with Crippen LogP contribution in [0, 0.1) is 12.7 Å². The largest absolute Gasteiger partial charge is 0.573 e.